The lowest BCUT2D eigenvalue weighted by Crippen LogP contribution is -2.52. The van der Waals surface area contributed by atoms with Crippen LogP contribution in [0.1, 0.15) is 46.8 Å². The van der Waals surface area contributed by atoms with Gasteiger partial charge < -0.3 is 15.1 Å². The van der Waals surface area contributed by atoms with Crippen molar-refractivity contribution in [3.8, 4) is 0 Å². The van der Waals surface area contributed by atoms with Crippen molar-refractivity contribution in [1.82, 2.24) is 15.1 Å². The first kappa shape index (κ1) is 32.3. The number of alkyl halides is 6. The molecular formula is C24H28F7N3O4S. The molecule has 1 fully saturated rings. The molecule has 218 valence electrons. The second-order valence-electron chi connectivity index (χ2n) is 9.06. The zero-order chi connectivity index (χ0) is 29.9. The second-order valence-corrected chi connectivity index (χ2v) is 10.5. The zero-order valence-electron chi connectivity index (χ0n) is 21.4. The SMILES string of the molecule is CS(=O)(=O)O.Cc1cc(F)ccc1[C@H]1CNCCN1C(=O)N(C)[C@H](C)c1cc(C(F)(F)F)cc(C(F)(F)F)c1. The molecule has 15 heteroatoms. The minimum absolute atomic E-state index is 0.0572. The predicted molar refractivity (Wildman–Crippen MR) is 129 cm³/mol. The van der Waals surface area contributed by atoms with Gasteiger partial charge in [-0.15, -0.1) is 0 Å². The van der Waals surface area contributed by atoms with Crippen molar-refractivity contribution < 1.29 is 48.5 Å². The van der Waals surface area contributed by atoms with Crippen LogP contribution in [-0.4, -0.2) is 61.7 Å². The lowest BCUT2D eigenvalue weighted by atomic mass is 9.98. The third-order valence-electron chi connectivity index (χ3n) is 6.06. The van der Waals surface area contributed by atoms with Crippen LogP contribution < -0.4 is 5.32 Å². The van der Waals surface area contributed by atoms with Crippen LogP contribution >= 0.6 is 0 Å². The summed E-state index contributed by atoms with van der Waals surface area (Å²) in [6.07, 6.45) is -9.25. The fourth-order valence-corrected chi connectivity index (χ4v) is 4.04. The Morgan fingerprint density at radius 1 is 1.08 bits per heavy atom. The number of piperazine rings is 1. The summed E-state index contributed by atoms with van der Waals surface area (Å²) in [4.78, 5) is 16.0. The van der Waals surface area contributed by atoms with E-state index in [1.54, 1.807) is 13.0 Å². The molecule has 0 saturated carbocycles. The standard InChI is InChI=1S/C23H24F7N3O.CH4O3S/c1-13-8-18(24)4-5-19(13)20-12-31-6-7-33(20)21(34)32(3)14(2)15-9-16(22(25,26)27)11-17(10-15)23(28,29)30;1-5(2,3)4/h4-5,8-11,14,20,31H,6-7,12H2,1-3H3;1H3,(H,2,3,4)/t14-,20-;/m1./s1. The van der Waals surface area contributed by atoms with Gasteiger partial charge >= 0.3 is 18.4 Å². The highest BCUT2D eigenvalue weighted by Gasteiger charge is 2.38. The summed E-state index contributed by atoms with van der Waals surface area (Å²) in [7, 11) is -2.34. The highest BCUT2D eigenvalue weighted by atomic mass is 32.2. The second kappa shape index (κ2) is 12.1. The highest BCUT2D eigenvalue weighted by molar-refractivity contribution is 7.85. The molecule has 0 aliphatic carbocycles. The van der Waals surface area contributed by atoms with E-state index in [1.807, 2.05) is 0 Å². The number of halogens is 7. The normalized spacial score (nSPS) is 17.2. The molecule has 0 radical (unpaired) electrons. The van der Waals surface area contributed by atoms with Gasteiger partial charge in [-0.05, 0) is 60.9 Å². The molecule has 0 bridgehead atoms. The number of hydrogen-bond acceptors (Lipinski definition) is 4. The molecule has 2 atom stereocenters. The van der Waals surface area contributed by atoms with Crippen LogP contribution in [0.25, 0.3) is 0 Å². The number of carbonyl (C=O) groups excluding carboxylic acids is 1. The number of rotatable bonds is 3. The van der Waals surface area contributed by atoms with Crippen molar-refractivity contribution in [2.24, 2.45) is 0 Å². The first-order chi connectivity index (χ1) is 17.7. The van der Waals surface area contributed by atoms with Crippen molar-refractivity contribution in [3.63, 3.8) is 0 Å². The number of urea groups is 1. The van der Waals surface area contributed by atoms with E-state index in [2.05, 4.69) is 5.32 Å². The summed E-state index contributed by atoms with van der Waals surface area (Å²) in [6.45, 7) is 4.14. The Labute approximate surface area is 221 Å². The average molecular weight is 588 g/mol. The monoisotopic (exact) mass is 587 g/mol. The highest BCUT2D eigenvalue weighted by Crippen LogP contribution is 2.38. The summed E-state index contributed by atoms with van der Waals surface area (Å²) in [5, 5.41) is 3.15. The summed E-state index contributed by atoms with van der Waals surface area (Å²) in [6, 6.07) is 3.36. The molecule has 3 rings (SSSR count). The molecular weight excluding hydrogens is 559 g/mol. The Morgan fingerprint density at radius 2 is 1.59 bits per heavy atom. The van der Waals surface area contributed by atoms with Gasteiger partial charge in [0, 0.05) is 26.7 Å². The van der Waals surface area contributed by atoms with Crippen molar-refractivity contribution >= 4 is 16.1 Å². The van der Waals surface area contributed by atoms with E-state index in [1.165, 1.54) is 31.0 Å². The molecule has 2 aromatic carbocycles. The van der Waals surface area contributed by atoms with Gasteiger partial charge in [-0.3, -0.25) is 4.55 Å². The van der Waals surface area contributed by atoms with Crippen LogP contribution in [0.2, 0.25) is 0 Å². The molecule has 1 saturated heterocycles. The van der Waals surface area contributed by atoms with E-state index >= 15 is 0 Å². The fraction of sp³-hybridized carbons (Fsp3) is 0.458. The van der Waals surface area contributed by atoms with Gasteiger partial charge in [-0.2, -0.15) is 34.8 Å². The molecule has 2 amide bonds. The van der Waals surface area contributed by atoms with Gasteiger partial charge in [0.15, 0.2) is 0 Å². The lowest BCUT2D eigenvalue weighted by Gasteiger charge is -2.40. The van der Waals surface area contributed by atoms with E-state index in [-0.39, 0.29) is 18.2 Å². The van der Waals surface area contributed by atoms with Crippen LogP contribution in [0.3, 0.4) is 0 Å². The molecule has 0 unspecified atom stereocenters. The fourth-order valence-electron chi connectivity index (χ4n) is 4.04. The minimum Gasteiger partial charge on any atom is -0.321 e. The number of nitrogens with zero attached hydrogens (tertiary/aromatic N) is 2. The van der Waals surface area contributed by atoms with Gasteiger partial charge in [-0.1, -0.05) is 6.07 Å². The third-order valence-corrected chi connectivity index (χ3v) is 6.06. The topological polar surface area (TPSA) is 90.0 Å². The van der Waals surface area contributed by atoms with Crippen molar-refractivity contribution in [2.45, 2.75) is 38.3 Å². The summed E-state index contributed by atoms with van der Waals surface area (Å²) in [5.41, 5.74) is -1.85. The Bertz CT molecular complexity index is 1240. The largest absolute Gasteiger partial charge is 0.416 e. The Kier molecular flexibility index (Phi) is 10.0. The van der Waals surface area contributed by atoms with Crippen LogP contribution in [0.4, 0.5) is 35.5 Å². The molecule has 1 aliphatic rings. The lowest BCUT2D eigenvalue weighted by molar-refractivity contribution is -0.143. The molecule has 2 aromatic rings. The maximum atomic E-state index is 13.6. The number of amides is 2. The molecule has 1 aliphatic heterocycles. The van der Waals surface area contributed by atoms with Crippen molar-refractivity contribution in [1.29, 1.82) is 0 Å². The maximum absolute atomic E-state index is 13.6. The quantitative estimate of drug-likeness (QED) is 0.369. The van der Waals surface area contributed by atoms with Crippen molar-refractivity contribution in [3.05, 3.63) is 70.0 Å². The van der Waals surface area contributed by atoms with Crippen molar-refractivity contribution in [2.75, 3.05) is 32.9 Å². The van der Waals surface area contributed by atoms with Crippen LogP contribution in [-0.2, 0) is 22.5 Å². The summed E-state index contributed by atoms with van der Waals surface area (Å²) >= 11 is 0. The van der Waals surface area contributed by atoms with E-state index in [0.717, 1.165) is 4.90 Å². The number of aryl methyl sites for hydroxylation is 1. The number of carbonyl (C=O) groups is 1. The molecule has 7 nitrogen and oxygen atoms in total. The number of benzene rings is 2. The molecule has 0 spiro atoms. The first-order valence-corrected chi connectivity index (χ1v) is 13.3. The average Bonchev–Trinajstić information content (AvgIpc) is 2.80. The van der Waals surface area contributed by atoms with E-state index in [9.17, 15) is 43.9 Å². The molecule has 1 heterocycles. The minimum atomic E-state index is -4.98. The number of hydrogen-bond donors (Lipinski definition) is 2. The van der Waals surface area contributed by atoms with Gasteiger partial charge in [0.25, 0.3) is 10.1 Å². The van der Waals surface area contributed by atoms with Crippen LogP contribution in [0, 0.1) is 12.7 Å². The van der Waals surface area contributed by atoms with Crippen LogP contribution in [0.5, 0.6) is 0 Å². The third kappa shape index (κ3) is 9.07. The smallest absolute Gasteiger partial charge is 0.321 e. The van der Waals surface area contributed by atoms with E-state index < -0.39 is 57.5 Å². The van der Waals surface area contributed by atoms with Gasteiger partial charge in [0.2, 0.25) is 0 Å². The Hall–Kier alpha value is -2.91. The molecule has 0 aromatic heterocycles. The Balaban J connectivity index is 0.000000976. The predicted octanol–water partition coefficient (Wildman–Crippen LogP) is 5.44. The van der Waals surface area contributed by atoms with E-state index in [4.69, 9.17) is 4.55 Å². The van der Waals surface area contributed by atoms with Gasteiger partial charge in [-0.25, -0.2) is 9.18 Å². The Morgan fingerprint density at radius 3 is 2.05 bits per heavy atom. The molecule has 2 N–H and O–H groups in total. The van der Waals surface area contributed by atoms with Gasteiger partial charge in [0.1, 0.15) is 5.82 Å². The molecule has 39 heavy (non-hydrogen) atoms. The maximum Gasteiger partial charge on any atom is 0.416 e. The van der Waals surface area contributed by atoms with Gasteiger partial charge in [0.05, 0.1) is 29.5 Å². The van der Waals surface area contributed by atoms with E-state index in [0.29, 0.717) is 42.6 Å². The number of nitrogens with one attached hydrogen (secondary N) is 1. The first-order valence-electron chi connectivity index (χ1n) is 11.4. The summed E-state index contributed by atoms with van der Waals surface area (Å²) < 4.78 is 119. The zero-order valence-corrected chi connectivity index (χ0v) is 22.2. The summed E-state index contributed by atoms with van der Waals surface area (Å²) in [5.74, 6) is -0.432. The van der Waals surface area contributed by atoms with Crippen LogP contribution in [0.15, 0.2) is 36.4 Å².